The number of carbonyl (C=O) groups is 1. The molecule has 4 rings (SSSR count). The van der Waals surface area contributed by atoms with Gasteiger partial charge in [-0.1, -0.05) is 28.1 Å². The Morgan fingerprint density at radius 1 is 1.00 bits per heavy atom. The summed E-state index contributed by atoms with van der Waals surface area (Å²) in [5.74, 6) is -0.105. The van der Waals surface area contributed by atoms with Crippen molar-refractivity contribution in [3.05, 3.63) is 64.4 Å². The lowest BCUT2D eigenvalue weighted by atomic mass is 9.73. The minimum atomic E-state index is -0.514. The number of benzene rings is 2. The molecule has 0 spiro atoms. The summed E-state index contributed by atoms with van der Waals surface area (Å²) in [6.45, 7) is 6.34. The van der Waals surface area contributed by atoms with Crippen LogP contribution in [0.3, 0.4) is 0 Å². The number of rotatable bonds is 6. The van der Waals surface area contributed by atoms with Gasteiger partial charge in [0, 0.05) is 62.6 Å². The van der Waals surface area contributed by atoms with Crippen LogP contribution < -0.4 is 10.2 Å². The fraction of sp³-hybridized carbons (Fsp3) is 0.458. The summed E-state index contributed by atoms with van der Waals surface area (Å²) >= 11 is 3.48. The molecule has 0 unspecified atom stereocenters. The number of hydrogen-bond donors (Lipinski definition) is 1. The number of amides is 1. The maximum Gasteiger partial charge on any atom is 0.230 e. The highest BCUT2D eigenvalue weighted by Gasteiger charge is 2.41. The molecule has 31 heavy (non-hydrogen) atoms. The lowest BCUT2D eigenvalue weighted by Gasteiger charge is -2.38. The van der Waals surface area contributed by atoms with Gasteiger partial charge in [-0.2, -0.15) is 0 Å². The fourth-order valence-corrected chi connectivity index (χ4v) is 4.78. The van der Waals surface area contributed by atoms with Crippen LogP contribution in [0.25, 0.3) is 0 Å². The second-order valence-corrected chi connectivity index (χ2v) is 9.18. The van der Waals surface area contributed by atoms with Crippen molar-refractivity contribution in [3.63, 3.8) is 0 Å². The molecule has 2 aromatic carbocycles. The van der Waals surface area contributed by atoms with Gasteiger partial charge in [0.05, 0.1) is 5.41 Å². The van der Waals surface area contributed by atoms with E-state index in [1.807, 2.05) is 36.4 Å². The zero-order chi connectivity index (χ0) is 21.7. The molecule has 0 aliphatic carbocycles. The van der Waals surface area contributed by atoms with Gasteiger partial charge >= 0.3 is 0 Å². The fourth-order valence-electron chi connectivity index (χ4n) is 4.51. The van der Waals surface area contributed by atoms with Crippen molar-refractivity contribution in [3.8, 4) is 0 Å². The first-order valence-corrected chi connectivity index (χ1v) is 11.7. The van der Waals surface area contributed by atoms with Crippen LogP contribution in [-0.4, -0.2) is 63.3 Å². The van der Waals surface area contributed by atoms with Crippen LogP contribution in [-0.2, 0) is 14.9 Å². The molecule has 0 bridgehead atoms. The average Bonchev–Trinajstić information content (AvgIpc) is 2.81. The lowest BCUT2D eigenvalue weighted by molar-refractivity contribution is -0.130. The van der Waals surface area contributed by atoms with Crippen LogP contribution in [0.1, 0.15) is 18.4 Å². The van der Waals surface area contributed by atoms with Crippen LogP contribution in [0, 0.1) is 5.82 Å². The lowest BCUT2D eigenvalue weighted by Crippen LogP contribution is -2.51. The summed E-state index contributed by atoms with van der Waals surface area (Å²) in [7, 11) is 0. The summed E-state index contributed by atoms with van der Waals surface area (Å²) in [6.07, 6.45) is 1.41. The summed E-state index contributed by atoms with van der Waals surface area (Å²) in [6, 6.07) is 14.8. The topological polar surface area (TPSA) is 44.8 Å². The Bertz CT molecular complexity index is 861. The first kappa shape index (κ1) is 22.2. The third-order valence-electron chi connectivity index (χ3n) is 6.46. The monoisotopic (exact) mass is 489 g/mol. The minimum absolute atomic E-state index is 0.100. The average molecular weight is 490 g/mol. The van der Waals surface area contributed by atoms with Gasteiger partial charge in [-0.25, -0.2) is 4.39 Å². The normalized spacial score (nSPS) is 19.2. The first-order chi connectivity index (χ1) is 15.1. The Kier molecular flexibility index (Phi) is 7.25. The van der Waals surface area contributed by atoms with Gasteiger partial charge in [0.25, 0.3) is 0 Å². The van der Waals surface area contributed by atoms with Gasteiger partial charge in [0.15, 0.2) is 0 Å². The van der Waals surface area contributed by atoms with E-state index in [1.54, 1.807) is 0 Å². The highest BCUT2D eigenvalue weighted by molar-refractivity contribution is 9.10. The number of hydrogen-bond acceptors (Lipinski definition) is 4. The second-order valence-electron chi connectivity index (χ2n) is 8.26. The molecule has 5 nitrogen and oxygen atoms in total. The van der Waals surface area contributed by atoms with Crippen molar-refractivity contribution in [1.29, 1.82) is 0 Å². The van der Waals surface area contributed by atoms with E-state index in [2.05, 4.69) is 31.0 Å². The predicted molar refractivity (Wildman–Crippen MR) is 124 cm³/mol. The van der Waals surface area contributed by atoms with E-state index < -0.39 is 5.41 Å². The number of anilines is 1. The van der Waals surface area contributed by atoms with Crippen molar-refractivity contribution in [2.24, 2.45) is 0 Å². The van der Waals surface area contributed by atoms with Crippen LogP contribution >= 0.6 is 15.9 Å². The molecular formula is C24H29BrFN3O2. The predicted octanol–water partition coefficient (Wildman–Crippen LogP) is 3.57. The summed E-state index contributed by atoms with van der Waals surface area (Å²) in [5, 5.41) is 3.20. The van der Waals surface area contributed by atoms with Crippen LogP contribution in [0.4, 0.5) is 10.1 Å². The van der Waals surface area contributed by atoms with Crippen molar-refractivity contribution >= 4 is 27.5 Å². The Morgan fingerprint density at radius 3 is 2.29 bits per heavy atom. The quantitative estimate of drug-likeness (QED) is 0.673. The maximum atomic E-state index is 13.3. The number of ether oxygens (including phenoxy) is 1. The van der Waals surface area contributed by atoms with Crippen molar-refractivity contribution < 1.29 is 13.9 Å². The van der Waals surface area contributed by atoms with E-state index in [-0.39, 0.29) is 11.7 Å². The maximum absolute atomic E-state index is 13.3. The largest absolute Gasteiger partial charge is 0.381 e. The number of nitrogens with one attached hydrogen (secondary N) is 1. The van der Waals surface area contributed by atoms with E-state index >= 15 is 0 Å². The van der Waals surface area contributed by atoms with Crippen LogP contribution in [0.15, 0.2) is 53.0 Å². The first-order valence-electron chi connectivity index (χ1n) is 10.9. The van der Waals surface area contributed by atoms with Crippen molar-refractivity contribution in [1.82, 2.24) is 10.2 Å². The standard InChI is InChI=1S/C24H29BrFN3O2/c25-20-3-1-19(2-4-20)24(9-17-31-18-10-24)23(30)27-11-12-28-13-15-29(16-14-28)22-7-5-21(26)6-8-22/h1-8H,9-18H2,(H,27,30). The molecule has 7 heteroatoms. The van der Waals surface area contributed by atoms with Gasteiger partial charge < -0.3 is 15.0 Å². The molecule has 166 valence electrons. The molecule has 2 aliphatic rings. The number of piperazine rings is 1. The number of halogens is 2. The zero-order valence-corrected chi connectivity index (χ0v) is 19.2. The summed E-state index contributed by atoms with van der Waals surface area (Å²) in [4.78, 5) is 17.9. The Morgan fingerprint density at radius 2 is 1.65 bits per heavy atom. The van der Waals surface area contributed by atoms with Gasteiger partial charge in [-0.3, -0.25) is 9.69 Å². The molecule has 1 N–H and O–H groups in total. The molecule has 0 saturated carbocycles. The van der Waals surface area contributed by atoms with Crippen molar-refractivity contribution in [2.75, 3.05) is 57.4 Å². The molecule has 1 amide bonds. The van der Waals surface area contributed by atoms with E-state index in [9.17, 15) is 9.18 Å². The number of nitrogens with zero attached hydrogens (tertiary/aromatic N) is 2. The van der Waals surface area contributed by atoms with Gasteiger partial charge in [-0.15, -0.1) is 0 Å². The Labute approximate surface area is 191 Å². The molecule has 2 aromatic rings. The second kappa shape index (κ2) is 10.1. The van der Waals surface area contributed by atoms with Crippen molar-refractivity contribution in [2.45, 2.75) is 18.3 Å². The molecule has 0 aromatic heterocycles. The van der Waals surface area contributed by atoms with E-state index in [1.165, 1.54) is 12.1 Å². The summed E-state index contributed by atoms with van der Waals surface area (Å²) < 4.78 is 19.7. The van der Waals surface area contributed by atoms with Gasteiger partial charge in [0.2, 0.25) is 5.91 Å². The molecule has 0 radical (unpaired) electrons. The van der Waals surface area contributed by atoms with E-state index in [4.69, 9.17) is 4.74 Å². The zero-order valence-electron chi connectivity index (χ0n) is 17.7. The molecule has 2 saturated heterocycles. The van der Waals surface area contributed by atoms with Gasteiger partial charge in [-0.05, 0) is 54.8 Å². The molecular weight excluding hydrogens is 461 g/mol. The van der Waals surface area contributed by atoms with E-state index in [0.717, 1.165) is 48.4 Å². The summed E-state index contributed by atoms with van der Waals surface area (Å²) in [5.41, 5.74) is 1.61. The Balaban J connectivity index is 1.29. The highest BCUT2D eigenvalue weighted by atomic mass is 79.9. The molecule has 2 heterocycles. The smallest absolute Gasteiger partial charge is 0.230 e. The van der Waals surface area contributed by atoms with Crippen LogP contribution in [0.5, 0.6) is 0 Å². The minimum Gasteiger partial charge on any atom is -0.381 e. The Hall–Kier alpha value is -1.96. The SMILES string of the molecule is O=C(NCCN1CCN(c2ccc(F)cc2)CC1)C1(c2ccc(Br)cc2)CCOCC1. The third-order valence-corrected chi connectivity index (χ3v) is 6.98. The third kappa shape index (κ3) is 5.27. The molecule has 2 fully saturated rings. The van der Waals surface area contributed by atoms with E-state index in [0.29, 0.717) is 32.6 Å². The number of carbonyl (C=O) groups excluding carboxylic acids is 1. The van der Waals surface area contributed by atoms with Gasteiger partial charge in [0.1, 0.15) is 5.82 Å². The highest BCUT2D eigenvalue weighted by Crippen LogP contribution is 2.35. The molecule has 2 aliphatic heterocycles. The van der Waals surface area contributed by atoms with Crippen LogP contribution in [0.2, 0.25) is 0 Å². The molecule has 0 atom stereocenters.